The zero-order chi connectivity index (χ0) is 16.4. The third-order valence-corrected chi connectivity index (χ3v) is 4.25. The summed E-state index contributed by atoms with van der Waals surface area (Å²) in [6.45, 7) is 1.93. The first-order chi connectivity index (χ1) is 11.0. The number of aryl methyl sites for hydroxylation is 1. The van der Waals surface area contributed by atoms with E-state index in [9.17, 15) is 4.79 Å². The van der Waals surface area contributed by atoms with E-state index in [1.54, 1.807) is 12.3 Å². The Hall–Kier alpha value is -1.97. The zero-order valence-electron chi connectivity index (χ0n) is 11.8. The van der Waals surface area contributed by atoms with Gasteiger partial charge in [0, 0.05) is 16.9 Å². The number of thiocarbonyl (C=S) groups is 1. The van der Waals surface area contributed by atoms with Crippen LogP contribution in [0.3, 0.4) is 0 Å². The van der Waals surface area contributed by atoms with Crippen LogP contribution in [-0.4, -0.2) is 24.8 Å². The van der Waals surface area contributed by atoms with Crippen molar-refractivity contribution in [1.29, 1.82) is 0 Å². The lowest BCUT2D eigenvalue weighted by Gasteiger charge is -2.12. The molecule has 2 N–H and O–H groups in total. The lowest BCUT2D eigenvalue weighted by molar-refractivity contribution is 0.0977. The molecule has 6 nitrogen and oxygen atoms in total. The molecule has 0 spiro atoms. The fraction of sp³-hybridized carbons (Fsp3) is 0.0714. The Morgan fingerprint density at radius 1 is 1.30 bits per heavy atom. The third-order valence-electron chi connectivity index (χ3n) is 3.07. The number of hydrogen-bond donors (Lipinski definition) is 2. The number of aromatic nitrogens is 3. The molecule has 0 saturated heterocycles. The predicted molar refractivity (Wildman–Crippen MR) is 97.8 cm³/mol. The number of carbonyl (C=O) groups is 1. The van der Waals surface area contributed by atoms with E-state index < -0.39 is 0 Å². The number of carbonyl (C=O) groups excluding carboxylic acids is 1. The zero-order valence-corrected chi connectivity index (χ0v) is 15.1. The van der Waals surface area contributed by atoms with Gasteiger partial charge < -0.3 is 5.32 Å². The second kappa shape index (κ2) is 6.65. The number of pyridine rings is 1. The first-order valence-corrected chi connectivity index (χ1v) is 8.42. The fourth-order valence-electron chi connectivity index (χ4n) is 1.97. The number of nitrogens with zero attached hydrogens (tertiary/aromatic N) is 3. The van der Waals surface area contributed by atoms with Gasteiger partial charge in [0.05, 0.1) is 23.0 Å². The van der Waals surface area contributed by atoms with Crippen molar-refractivity contribution in [2.75, 3.05) is 5.32 Å². The topological polar surface area (TPSA) is 79.8 Å². The van der Waals surface area contributed by atoms with Crippen LogP contribution in [0.1, 0.15) is 15.9 Å². The molecule has 0 aliphatic heterocycles. The Balaban J connectivity index is 1.77. The number of amides is 1. The normalized spacial score (nSPS) is 10.5. The maximum atomic E-state index is 12.2. The molecule has 23 heavy (non-hydrogen) atoms. The minimum atomic E-state index is -0.336. The van der Waals surface area contributed by atoms with E-state index in [2.05, 4.69) is 40.3 Å². The van der Waals surface area contributed by atoms with Crippen LogP contribution in [0.4, 0.5) is 5.69 Å². The van der Waals surface area contributed by atoms with Gasteiger partial charge in [0.2, 0.25) is 0 Å². The molecule has 2 heterocycles. The summed E-state index contributed by atoms with van der Waals surface area (Å²) in [5.41, 5.74) is 3.64. The van der Waals surface area contributed by atoms with Crippen molar-refractivity contribution < 1.29 is 4.79 Å². The maximum Gasteiger partial charge on any atom is 0.259 e. The fourth-order valence-corrected chi connectivity index (χ4v) is 3.07. The average molecular weight is 408 g/mol. The molecule has 0 unspecified atom stereocenters. The molecule has 0 aliphatic carbocycles. The largest absolute Gasteiger partial charge is 0.330 e. The highest BCUT2D eigenvalue weighted by Crippen LogP contribution is 2.25. The molecule has 9 heteroatoms. The van der Waals surface area contributed by atoms with Crippen molar-refractivity contribution in [2.24, 2.45) is 0 Å². The summed E-state index contributed by atoms with van der Waals surface area (Å²) in [5, 5.41) is 5.85. The van der Waals surface area contributed by atoms with Crippen LogP contribution in [-0.2, 0) is 0 Å². The van der Waals surface area contributed by atoms with Crippen LogP contribution in [0.15, 0.2) is 35.1 Å². The van der Waals surface area contributed by atoms with Crippen molar-refractivity contribution in [2.45, 2.75) is 6.92 Å². The van der Waals surface area contributed by atoms with Gasteiger partial charge in [0.25, 0.3) is 5.91 Å². The second-order valence-corrected chi connectivity index (χ2v) is 6.54. The van der Waals surface area contributed by atoms with E-state index >= 15 is 0 Å². The molecule has 3 rings (SSSR count). The summed E-state index contributed by atoms with van der Waals surface area (Å²) in [7, 11) is 0. The monoisotopic (exact) mass is 407 g/mol. The van der Waals surface area contributed by atoms with Crippen LogP contribution in [0.25, 0.3) is 11.0 Å². The van der Waals surface area contributed by atoms with Crippen LogP contribution in [0.2, 0.25) is 0 Å². The predicted octanol–water partition coefficient (Wildman–Crippen LogP) is 3.28. The van der Waals surface area contributed by atoms with Gasteiger partial charge in [-0.2, -0.15) is 8.75 Å². The van der Waals surface area contributed by atoms with Gasteiger partial charge in [-0.3, -0.25) is 15.1 Å². The number of fused-ring (bicyclic) bond motifs is 1. The number of benzene rings is 1. The Kier molecular flexibility index (Phi) is 4.60. The van der Waals surface area contributed by atoms with E-state index in [0.29, 0.717) is 5.56 Å². The lowest BCUT2D eigenvalue weighted by Crippen LogP contribution is -2.34. The van der Waals surface area contributed by atoms with Gasteiger partial charge in [-0.25, -0.2) is 0 Å². The molecular formula is C14H10BrN5OS2. The number of halogens is 1. The SMILES string of the molecule is Cc1ccc2nsnc2c1NC(=S)NC(=O)c1cncc(Br)c1. The Morgan fingerprint density at radius 2 is 2.13 bits per heavy atom. The van der Waals surface area contributed by atoms with Crippen LogP contribution in [0, 0.1) is 6.92 Å². The van der Waals surface area contributed by atoms with Gasteiger partial charge in [-0.15, -0.1) is 0 Å². The summed E-state index contributed by atoms with van der Waals surface area (Å²) >= 11 is 9.63. The molecular weight excluding hydrogens is 398 g/mol. The molecule has 1 aromatic carbocycles. The standard InChI is InChI=1S/C14H10BrN5OS2/c1-7-2-3-10-12(20-23-19-10)11(7)17-14(22)18-13(21)8-4-9(15)6-16-5-8/h2-6H,1H3,(H2,17,18,21,22). The molecule has 3 aromatic rings. The summed E-state index contributed by atoms with van der Waals surface area (Å²) in [4.78, 5) is 16.1. The van der Waals surface area contributed by atoms with Crippen molar-refractivity contribution >= 4 is 67.6 Å². The van der Waals surface area contributed by atoms with E-state index in [1.807, 2.05) is 19.1 Å². The first-order valence-electron chi connectivity index (χ1n) is 6.49. The summed E-state index contributed by atoms with van der Waals surface area (Å²) in [6, 6.07) is 5.49. The maximum absolute atomic E-state index is 12.2. The molecule has 0 fully saturated rings. The first kappa shape index (κ1) is 15.9. The van der Waals surface area contributed by atoms with Gasteiger partial charge in [-0.05, 0) is 52.8 Å². The Labute approximate surface area is 149 Å². The van der Waals surface area contributed by atoms with Gasteiger partial charge >= 0.3 is 0 Å². The van der Waals surface area contributed by atoms with E-state index in [0.717, 1.165) is 38.5 Å². The highest BCUT2D eigenvalue weighted by molar-refractivity contribution is 9.10. The highest BCUT2D eigenvalue weighted by Gasteiger charge is 2.13. The van der Waals surface area contributed by atoms with Gasteiger partial charge in [0.1, 0.15) is 11.0 Å². The minimum absolute atomic E-state index is 0.193. The van der Waals surface area contributed by atoms with E-state index in [4.69, 9.17) is 12.2 Å². The number of nitrogens with one attached hydrogen (secondary N) is 2. The quantitative estimate of drug-likeness (QED) is 0.634. The summed E-state index contributed by atoms with van der Waals surface area (Å²) < 4.78 is 9.17. The third kappa shape index (κ3) is 3.52. The molecule has 116 valence electrons. The van der Waals surface area contributed by atoms with Crippen molar-refractivity contribution in [1.82, 2.24) is 19.0 Å². The van der Waals surface area contributed by atoms with Crippen molar-refractivity contribution in [3.8, 4) is 0 Å². The average Bonchev–Trinajstić information content (AvgIpc) is 2.99. The molecule has 0 saturated carbocycles. The Bertz CT molecular complexity index is 911. The van der Waals surface area contributed by atoms with E-state index in [-0.39, 0.29) is 11.0 Å². The van der Waals surface area contributed by atoms with Crippen LogP contribution < -0.4 is 10.6 Å². The summed E-state index contributed by atoms with van der Waals surface area (Å²) in [5.74, 6) is -0.336. The van der Waals surface area contributed by atoms with Crippen LogP contribution in [0.5, 0.6) is 0 Å². The molecule has 0 atom stereocenters. The number of anilines is 1. The molecule has 0 radical (unpaired) electrons. The highest BCUT2D eigenvalue weighted by atomic mass is 79.9. The molecule has 2 aromatic heterocycles. The Morgan fingerprint density at radius 3 is 2.91 bits per heavy atom. The van der Waals surface area contributed by atoms with E-state index in [1.165, 1.54) is 6.20 Å². The minimum Gasteiger partial charge on any atom is -0.330 e. The van der Waals surface area contributed by atoms with Crippen molar-refractivity contribution in [3.05, 3.63) is 46.2 Å². The molecule has 1 amide bonds. The second-order valence-electron chi connectivity index (χ2n) is 4.69. The smallest absolute Gasteiger partial charge is 0.259 e. The number of hydrogen-bond acceptors (Lipinski definition) is 6. The molecule has 0 aliphatic rings. The summed E-state index contributed by atoms with van der Waals surface area (Å²) in [6.07, 6.45) is 3.08. The molecule has 0 bridgehead atoms. The van der Waals surface area contributed by atoms with Crippen LogP contribution >= 0.6 is 39.9 Å². The number of rotatable bonds is 2. The van der Waals surface area contributed by atoms with Crippen molar-refractivity contribution in [3.63, 3.8) is 0 Å². The van der Waals surface area contributed by atoms with Gasteiger partial charge in [0.15, 0.2) is 5.11 Å². The van der Waals surface area contributed by atoms with Gasteiger partial charge in [-0.1, -0.05) is 6.07 Å². The lowest BCUT2D eigenvalue weighted by atomic mass is 10.1.